The van der Waals surface area contributed by atoms with Gasteiger partial charge in [-0.05, 0) is 6.92 Å². The molecule has 5 nitrogen and oxygen atoms in total. The smallest absolute Gasteiger partial charge is 0.496 e. The zero-order valence-electron chi connectivity index (χ0n) is 11.5. The molecule has 22 heavy (non-hydrogen) atoms. The molecule has 0 aliphatic rings. The molecule has 0 amide bonds. The fourth-order valence-electron chi connectivity index (χ4n) is 1.55. The van der Waals surface area contributed by atoms with Crippen LogP contribution in [0.25, 0.3) is 0 Å². The summed E-state index contributed by atoms with van der Waals surface area (Å²) in [7, 11) is 1.05. The van der Waals surface area contributed by atoms with Crippen LogP contribution in [0.2, 0.25) is 0 Å². The molecule has 0 bridgehead atoms. The van der Waals surface area contributed by atoms with Gasteiger partial charge in [-0.1, -0.05) is 0 Å². The molecule has 0 aliphatic heterocycles. The van der Waals surface area contributed by atoms with Gasteiger partial charge in [0.25, 0.3) is 6.43 Å². The molecular formula is C12H12F5NO4. The number of esters is 1. The third kappa shape index (κ3) is 5.01. The molecule has 1 heterocycles. The van der Waals surface area contributed by atoms with E-state index in [9.17, 15) is 26.7 Å². The number of alkyl halides is 5. The van der Waals surface area contributed by atoms with Crippen LogP contribution in [-0.4, -0.2) is 31.0 Å². The van der Waals surface area contributed by atoms with Gasteiger partial charge in [-0.25, -0.2) is 13.8 Å². The molecule has 0 unspecified atom stereocenters. The van der Waals surface area contributed by atoms with Gasteiger partial charge in [0.05, 0.1) is 25.7 Å². The molecule has 0 fully saturated rings. The summed E-state index contributed by atoms with van der Waals surface area (Å²) < 4.78 is 75.4. The topological polar surface area (TPSA) is 57.7 Å². The van der Waals surface area contributed by atoms with Crippen molar-refractivity contribution in [2.24, 2.45) is 0 Å². The standard InChI is InChI=1S/C12H12F5NO4/c1-3-21-9(19)4-6-8(20-2)5-7(10(13)14)18-11(6)22-12(15,16)17/h5,10H,3-4H2,1-2H3. The highest BCUT2D eigenvalue weighted by Gasteiger charge is 2.35. The maximum atomic E-state index is 12.7. The van der Waals surface area contributed by atoms with Crippen molar-refractivity contribution < 1.29 is 41.0 Å². The zero-order chi connectivity index (χ0) is 16.9. The molecule has 124 valence electrons. The number of aromatic nitrogens is 1. The number of nitrogens with zero attached hydrogens (tertiary/aromatic N) is 1. The molecule has 0 saturated heterocycles. The maximum absolute atomic E-state index is 12.7. The van der Waals surface area contributed by atoms with Crippen molar-refractivity contribution in [3.8, 4) is 11.6 Å². The van der Waals surface area contributed by atoms with Crippen molar-refractivity contribution in [2.45, 2.75) is 26.1 Å². The van der Waals surface area contributed by atoms with Gasteiger partial charge in [0.2, 0.25) is 5.88 Å². The van der Waals surface area contributed by atoms with E-state index in [0.717, 1.165) is 13.2 Å². The monoisotopic (exact) mass is 329 g/mol. The number of hydrogen-bond donors (Lipinski definition) is 0. The Hall–Kier alpha value is -2.13. The van der Waals surface area contributed by atoms with E-state index in [4.69, 9.17) is 4.74 Å². The van der Waals surface area contributed by atoms with Crippen LogP contribution in [-0.2, 0) is 16.0 Å². The second kappa shape index (κ2) is 7.23. The molecule has 1 aromatic heterocycles. The molecule has 0 spiro atoms. The molecule has 0 atom stereocenters. The minimum absolute atomic E-state index is 0.000837. The molecule has 0 N–H and O–H groups in total. The average Bonchev–Trinajstić information content (AvgIpc) is 2.38. The molecule has 10 heteroatoms. The van der Waals surface area contributed by atoms with Gasteiger partial charge in [0.15, 0.2) is 0 Å². The van der Waals surface area contributed by atoms with E-state index < -0.39 is 42.3 Å². The summed E-state index contributed by atoms with van der Waals surface area (Å²) in [5, 5.41) is 0. The SMILES string of the molecule is CCOC(=O)Cc1c(OC)cc(C(F)F)nc1OC(F)(F)F. The Kier molecular flexibility index (Phi) is 5.89. The summed E-state index contributed by atoms with van der Waals surface area (Å²) >= 11 is 0. The lowest BCUT2D eigenvalue weighted by molar-refractivity contribution is -0.276. The highest BCUT2D eigenvalue weighted by atomic mass is 19.4. The maximum Gasteiger partial charge on any atom is 0.574 e. The summed E-state index contributed by atoms with van der Waals surface area (Å²) in [4.78, 5) is 14.5. The van der Waals surface area contributed by atoms with Crippen molar-refractivity contribution in [3.05, 3.63) is 17.3 Å². The van der Waals surface area contributed by atoms with Crippen molar-refractivity contribution >= 4 is 5.97 Å². The van der Waals surface area contributed by atoms with Crippen LogP contribution in [0.1, 0.15) is 24.6 Å². The van der Waals surface area contributed by atoms with Crippen LogP contribution in [0.5, 0.6) is 11.6 Å². The number of ether oxygens (including phenoxy) is 3. The molecule has 1 aromatic rings. The van der Waals surface area contributed by atoms with Crippen LogP contribution in [0.4, 0.5) is 22.0 Å². The highest BCUT2D eigenvalue weighted by Crippen LogP contribution is 2.34. The second-order valence-electron chi connectivity index (χ2n) is 3.86. The van der Waals surface area contributed by atoms with E-state index in [-0.39, 0.29) is 12.4 Å². The third-order valence-corrected chi connectivity index (χ3v) is 2.35. The lowest BCUT2D eigenvalue weighted by Crippen LogP contribution is -2.21. The normalized spacial score (nSPS) is 11.5. The van der Waals surface area contributed by atoms with E-state index in [1.54, 1.807) is 0 Å². The number of methoxy groups -OCH3 is 1. The minimum Gasteiger partial charge on any atom is -0.496 e. The van der Waals surface area contributed by atoms with Crippen LogP contribution >= 0.6 is 0 Å². The summed E-state index contributed by atoms with van der Waals surface area (Å²) in [6, 6.07) is 0.739. The number of rotatable bonds is 6. The van der Waals surface area contributed by atoms with Crippen molar-refractivity contribution in [1.29, 1.82) is 0 Å². The molecule has 0 radical (unpaired) electrons. The van der Waals surface area contributed by atoms with Gasteiger partial charge in [0.1, 0.15) is 11.4 Å². The van der Waals surface area contributed by atoms with E-state index in [2.05, 4.69) is 14.5 Å². The Morgan fingerprint density at radius 3 is 2.45 bits per heavy atom. The lowest BCUT2D eigenvalue weighted by atomic mass is 10.1. The third-order valence-electron chi connectivity index (χ3n) is 2.35. The summed E-state index contributed by atoms with van der Waals surface area (Å²) in [6.45, 7) is 1.50. The summed E-state index contributed by atoms with van der Waals surface area (Å²) in [5.74, 6) is -2.42. The van der Waals surface area contributed by atoms with Gasteiger partial charge in [0, 0.05) is 6.07 Å². The molecule has 1 rings (SSSR count). The summed E-state index contributed by atoms with van der Waals surface area (Å²) in [6.07, 6.45) is -8.97. The molecule has 0 aliphatic carbocycles. The molecule has 0 aromatic carbocycles. The fraction of sp³-hybridized carbons (Fsp3) is 0.500. The Morgan fingerprint density at radius 1 is 1.36 bits per heavy atom. The number of carbonyl (C=O) groups excluding carboxylic acids is 1. The zero-order valence-corrected chi connectivity index (χ0v) is 11.5. The number of pyridine rings is 1. The highest BCUT2D eigenvalue weighted by molar-refractivity contribution is 5.74. The van der Waals surface area contributed by atoms with E-state index in [0.29, 0.717) is 0 Å². The second-order valence-corrected chi connectivity index (χ2v) is 3.86. The van der Waals surface area contributed by atoms with Crippen LogP contribution < -0.4 is 9.47 Å². The summed E-state index contributed by atoms with van der Waals surface area (Å²) in [5.41, 5.74) is -1.40. The largest absolute Gasteiger partial charge is 0.574 e. The van der Waals surface area contributed by atoms with E-state index >= 15 is 0 Å². The number of halogens is 5. The average molecular weight is 329 g/mol. The molecular weight excluding hydrogens is 317 g/mol. The van der Waals surface area contributed by atoms with Crippen molar-refractivity contribution in [2.75, 3.05) is 13.7 Å². The van der Waals surface area contributed by atoms with Crippen LogP contribution in [0.15, 0.2) is 6.07 Å². The lowest BCUT2D eigenvalue weighted by Gasteiger charge is -2.16. The van der Waals surface area contributed by atoms with Crippen molar-refractivity contribution in [1.82, 2.24) is 4.98 Å². The van der Waals surface area contributed by atoms with Gasteiger partial charge in [-0.15, -0.1) is 13.2 Å². The number of carbonyl (C=O) groups is 1. The predicted molar refractivity (Wildman–Crippen MR) is 62.8 cm³/mol. The fourth-order valence-corrected chi connectivity index (χ4v) is 1.55. The van der Waals surface area contributed by atoms with E-state index in [1.165, 1.54) is 6.92 Å². The Balaban J connectivity index is 3.32. The molecule has 0 saturated carbocycles. The van der Waals surface area contributed by atoms with Gasteiger partial charge < -0.3 is 14.2 Å². The predicted octanol–water partition coefficient (Wildman–Crippen LogP) is 3.03. The van der Waals surface area contributed by atoms with Gasteiger partial charge in [-0.3, -0.25) is 4.79 Å². The Morgan fingerprint density at radius 2 is 2.00 bits per heavy atom. The Bertz CT molecular complexity index is 533. The van der Waals surface area contributed by atoms with Gasteiger partial charge in [-0.2, -0.15) is 0 Å². The quantitative estimate of drug-likeness (QED) is 0.593. The van der Waals surface area contributed by atoms with E-state index in [1.807, 2.05) is 0 Å². The first-order valence-electron chi connectivity index (χ1n) is 5.95. The number of hydrogen-bond acceptors (Lipinski definition) is 5. The minimum atomic E-state index is -5.16. The first-order chi connectivity index (χ1) is 10.2. The first kappa shape index (κ1) is 17.9. The van der Waals surface area contributed by atoms with Crippen molar-refractivity contribution in [3.63, 3.8) is 0 Å². The van der Waals surface area contributed by atoms with Crippen LogP contribution in [0, 0.1) is 0 Å². The first-order valence-corrected chi connectivity index (χ1v) is 5.95. The van der Waals surface area contributed by atoms with Crippen LogP contribution in [0.3, 0.4) is 0 Å². The van der Waals surface area contributed by atoms with Gasteiger partial charge >= 0.3 is 12.3 Å². The Labute approximate surface area is 122 Å².